The zero-order chi connectivity index (χ0) is 12.1. The van der Waals surface area contributed by atoms with E-state index in [1.54, 1.807) is 0 Å². The molecule has 0 aromatic heterocycles. The minimum absolute atomic E-state index is 0.390. The molecule has 96 valence electrons. The van der Waals surface area contributed by atoms with Crippen LogP contribution in [0.15, 0.2) is 12.1 Å². The molecule has 0 amide bonds. The number of benzene rings is 1. The summed E-state index contributed by atoms with van der Waals surface area (Å²) in [6.45, 7) is 5.10. The van der Waals surface area contributed by atoms with Crippen LogP contribution < -0.4 is 9.47 Å². The third kappa shape index (κ3) is 1.34. The number of hydrogen-bond acceptors (Lipinski definition) is 3. The molecule has 3 aliphatic rings. The van der Waals surface area contributed by atoms with E-state index in [1.807, 2.05) is 0 Å². The van der Waals surface area contributed by atoms with Gasteiger partial charge in [0.05, 0.1) is 0 Å². The minimum atomic E-state index is 0.390. The summed E-state index contributed by atoms with van der Waals surface area (Å²) in [5.41, 5.74) is 2.94. The number of likely N-dealkylation sites (tertiary alicyclic amines) is 1. The maximum absolute atomic E-state index is 5.66. The fourth-order valence-electron chi connectivity index (χ4n) is 4.00. The van der Waals surface area contributed by atoms with Crippen molar-refractivity contribution in [3.63, 3.8) is 0 Å². The molecule has 18 heavy (non-hydrogen) atoms. The first-order chi connectivity index (χ1) is 8.88. The van der Waals surface area contributed by atoms with Gasteiger partial charge in [0.25, 0.3) is 0 Å². The molecule has 2 aliphatic heterocycles. The summed E-state index contributed by atoms with van der Waals surface area (Å²) < 4.78 is 11.1. The number of hydrogen-bond donors (Lipinski definition) is 0. The van der Waals surface area contributed by atoms with E-state index in [2.05, 4.69) is 24.0 Å². The second-order valence-electron chi connectivity index (χ2n) is 5.50. The first-order valence-electron chi connectivity index (χ1n) is 7.04. The van der Waals surface area contributed by atoms with Crippen molar-refractivity contribution in [2.75, 3.05) is 19.9 Å². The van der Waals surface area contributed by atoms with E-state index in [4.69, 9.17) is 9.47 Å². The maximum Gasteiger partial charge on any atom is 0.231 e. The summed E-state index contributed by atoms with van der Waals surface area (Å²) in [7, 11) is 0. The van der Waals surface area contributed by atoms with Gasteiger partial charge in [-0.15, -0.1) is 0 Å². The minimum Gasteiger partial charge on any atom is -0.454 e. The van der Waals surface area contributed by atoms with Gasteiger partial charge in [-0.25, -0.2) is 0 Å². The quantitative estimate of drug-likeness (QED) is 0.759. The Bertz CT molecular complexity index is 486. The van der Waals surface area contributed by atoms with Gasteiger partial charge in [0.1, 0.15) is 0 Å². The topological polar surface area (TPSA) is 21.7 Å². The lowest BCUT2D eigenvalue weighted by molar-refractivity contribution is 0.172. The van der Waals surface area contributed by atoms with Crippen LogP contribution in [0.25, 0.3) is 0 Å². The third-order valence-corrected chi connectivity index (χ3v) is 4.83. The highest BCUT2D eigenvalue weighted by Gasteiger charge is 2.39. The van der Waals surface area contributed by atoms with Crippen molar-refractivity contribution in [3.05, 3.63) is 23.3 Å². The lowest BCUT2D eigenvalue weighted by Crippen LogP contribution is -2.34. The second-order valence-corrected chi connectivity index (χ2v) is 5.50. The number of nitrogens with zero attached hydrogens (tertiary/aromatic N) is 1. The Morgan fingerprint density at radius 3 is 3.11 bits per heavy atom. The molecule has 4 rings (SSSR count). The van der Waals surface area contributed by atoms with Crippen LogP contribution in [0, 0.1) is 0 Å². The molecule has 0 radical (unpaired) electrons. The lowest BCUT2D eigenvalue weighted by atomic mass is 9.79. The molecule has 1 aliphatic carbocycles. The Morgan fingerprint density at radius 1 is 1.28 bits per heavy atom. The van der Waals surface area contributed by atoms with Crippen LogP contribution in [0.2, 0.25) is 0 Å². The monoisotopic (exact) mass is 245 g/mol. The SMILES string of the molecule is CCN1CC[C@H]2c3ccc4c(c3CC[C@@H]21)OCO4. The van der Waals surface area contributed by atoms with E-state index < -0.39 is 0 Å². The van der Waals surface area contributed by atoms with Crippen LogP contribution in [-0.4, -0.2) is 30.8 Å². The standard InChI is InChI=1S/C15H19NO2/c1-2-16-8-7-11-10-4-6-14-15(18-9-17-14)12(10)3-5-13(11)16/h4,6,11,13H,2-3,5,7-9H2,1H3/t11-,13-/m0/s1. The van der Waals surface area contributed by atoms with E-state index in [0.717, 1.165) is 24.0 Å². The lowest BCUT2D eigenvalue weighted by Gasteiger charge is -2.33. The van der Waals surface area contributed by atoms with E-state index in [0.29, 0.717) is 12.7 Å². The van der Waals surface area contributed by atoms with E-state index in [1.165, 1.54) is 37.1 Å². The molecule has 2 heterocycles. The van der Waals surface area contributed by atoms with Gasteiger partial charge < -0.3 is 14.4 Å². The largest absolute Gasteiger partial charge is 0.454 e. The summed E-state index contributed by atoms with van der Waals surface area (Å²) in [5.74, 6) is 2.68. The molecular weight excluding hydrogens is 226 g/mol. The number of ether oxygens (including phenoxy) is 2. The van der Waals surface area contributed by atoms with Crippen molar-refractivity contribution in [2.24, 2.45) is 0 Å². The smallest absolute Gasteiger partial charge is 0.231 e. The number of fused-ring (bicyclic) bond motifs is 5. The van der Waals surface area contributed by atoms with E-state index >= 15 is 0 Å². The van der Waals surface area contributed by atoms with E-state index in [-0.39, 0.29) is 0 Å². The van der Waals surface area contributed by atoms with Crippen molar-refractivity contribution in [2.45, 2.75) is 38.1 Å². The van der Waals surface area contributed by atoms with Gasteiger partial charge in [0, 0.05) is 17.5 Å². The second kappa shape index (κ2) is 3.89. The average Bonchev–Trinajstić information content (AvgIpc) is 3.04. The third-order valence-electron chi connectivity index (χ3n) is 4.83. The molecule has 3 heteroatoms. The van der Waals surface area contributed by atoms with E-state index in [9.17, 15) is 0 Å². The normalized spacial score (nSPS) is 29.2. The highest BCUT2D eigenvalue weighted by Crippen LogP contribution is 2.48. The van der Waals surface area contributed by atoms with Crippen LogP contribution >= 0.6 is 0 Å². The van der Waals surface area contributed by atoms with Crippen molar-refractivity contribution < 1.29 is 9.47 Å². The maximum atomic E-state index is 5.66. The molecule has 0 spiro atoms. The zero-order valence-electron chi connectivity index (χ0n) is 10.8. The summed E-state index contributed by atoms with van der Waals surface area (Å²) in [5, 5.41) is 0. The highest BCUT2D eigenvalue weighted by atomic mass is 16.7. The first kappa shape index (κ1) is 10.7. The van der Waals surface area contributed by atoms with Crippen LogP contribution in [0.5, 0.6) is 11.5 Å². The van der Waals surface area contributed by atoms with Gasteiger partial charge in [-0.1, -0.05) is 13.0 Å². The molecule has 0 saturated carbocycles. The Hall–Kier alpha value is -1.22. The number of likely N-dealkylation sites (N-methyl/N-ethyl adjacent to an activating group) is 1. The van der Waals surface area contributed by atoms with Crippen LogP contribution in [-0.2, 0) is 6.42 Å². The number of rotatable bonds is 1. The highest BCUT2D eigenvalue weighted by molar-refractivity contribution is 5.54. The van der Waals surface area contributed by atoms with Gasteiger partial charge in [-0.3, -0.25) is 0 Å². The van der Waals surface area contributed by atoms with Gasteiger partial charge in [-0.05, 0) is 44.0 Å². The van der Waals surface area contributed by atoms with Gasteiger partial charge in [-0.2, -0.15) is 0 Å². The molecule has 1 aromatic rings. The molecule has 0 N–H and O–H groups in total. The van der Waals surface area contributed by atoms with Gasteiger partial charge in [0.2, 0.25) is 6.79 Å². The Labute approximate surface area is 108 Å². The van der Waals surface area contributed by atoms with Crippen LogP contribution in [0.4, 0.5) is 0 Å². The van der Waals surface area contributed by atoms with Crippen molar-refractivity contribution in [1.29, 1.82) is 0 Å². The molecule has 2 atom stereocenters. The molecule has 0 bridgehead atoms. The molecule has 1 aromatic carbocycles. The Balaban J connectivity index is 1.77. The summed E-state index contributed by atoms with van der Waals surface area (Å²) >= 11 is 0. The molecule has 3 nitrogen and oxygen atoms in total. The first-order valence-corrected chi connectivity index (χ1v) is 7.04. The molecule has 1 fully saturated rings. The Kier molecular flexibility index (Phi) is 2.31. The zero-order valence-corrected chi connectivity index (χ0v) is 10.8. The average molecular weight is 245 g/mol. The predicted molar refractivity (Wildman–Crippen MR) is 69.3 cm³/mol. The van der Waals surface area contributed by atoms with Crippen molar-refractivity contribution >= 4 is 0 Å². The fraction of sp³-hybridized carbons (Fsp3) is 0.600. The molecule has 1 saturated heterocycles. The predicted octanol–water partition coefficient (Wildman–Crippen LogP) is 2.54. The van der Waals surface area contributed by atoms with Crippen molar-refractivity contribution in [3.8, 4) is 11.5 Å². The Morgan fingerprint density at radius 2 is 2.22 bits per heavy atom. The summed E-state index contributed by atoms with van der Waals surface area (Å²) in [6.07, 6.45) is 3.70. The van der Waals surface area contributed by atoms with Crippen LogP contribution in [0.1, 0.15) is 36.8 Å². The molecule has 0 unspecified atom stereocenters. The summed E-state index contributed by atoms with van der Waals surface area (Å²) in [4.78, 5) is 2.64. The van der Waals surface area contributed by atoms with Gasteiger partial charge in [0.15, 0.2) is 11.5 Å². The molecular formula is C15H19NO2. The van der Waals surface area contributed by atoms with Gasteiger partial charge >= 0.3 is 0 Å². The summed E-state index contributed by atoms with van der Waals surface area (Å²) in [6, 6.07) is 5.12. The van der Waals surface area contributed by atoms with Crippen molar-refractivity contribution in [1.82, 2.24) is 4.90 Å². The van der Waals surface area contributed by atoms with Crippen LogP contribution in [0.3, 0.4) is 0 Å². The fourth-order valence-corrected chi connectivity index (χ4v) is 4.00.